The summed E-state index contributed by atoms with van der Waals surface area (Å²) in [7, 11) is -2.37. The molecule has 0 radical (unpaired) electrons. The summed E-state index contributed by atoms with van der Waals surface area (Å²) in [5.41, 5.74) is 8.85. The molecule has 3 nitrogen and oxygen atoms in total. The Kier molecular flexibility index (Phi) is 11.9. The van der Waals surface area contributed by atoms with Crippen LogP contribution in [0.1, 0.15) is 161 Å². The molecule has 41 heavy (non-hydrogen) atoms. The monoisotopic (exact) mass is 582 g/mol. The van der Waals surface area contributed by atoms with Crippen molar-refractivity contribution in [3.8, 4) is 0 Å². The van der Waals surface area contributed by atoms with Crippen LogP contribution in [0.15, 0.2) is 48.7 Å². The molecule has 0 bridgehead atoms. The van der Waals surface area contributed by atoms with Gasteiger partial charge in [0.2, 0.25) is 0 Å². The van der Waals surface area contributed by atoms with E-state index in [-0.39, 0.29) is 21.7 Å². The third-order valence-corrected chi connectivity index (χ3v) is 8.54. The summed E-state index contributed by atoms with van der Waals surface area (Å²) in [6, 6.07) is 14.5. The lowest BCUT2D eigenvalue weighted by Crippen LogP contribution is -2.23. The van der Waals surface area contributed by atoms with E-state index in [1.165, 1.54) is 33.4 Å². The van der Waals surface area contributed by atoms with E-state index in [0.29, 0.717) is 18.1 Å². The standard InChI is InChI=1S/C37H59O3P/c1-26(40-41(38)39)18-16-14-15-17-19-29(30-22-20-27(34(2,3)4)24-32(30)36(8,9)10)31-23-21-28(35(5,6)7)25-33(31)37(11,12)13/h20-25,29,38-39H,1,14-19H2,2-13H3. The molecule has 0 spiro atoms. The minimum atomic E-state index is -2.37. The molecular weight excluding hydrogens is 523 g/mol. The zero-order valence-corrected chi connectivity index (χ0v) is 29.1. The Morgan fingerprint density at radius 1 is 0.659 bits per heavy atom. The van der Waals surface area contributed by atoms with Crippen LogP contribution in [0.2, 0.25) is 0 Å². The van der Waals surface area contributed by atoms with Crippen LogP contribution in [0.5, 0.6) is 0 Å². The van der Waals surface area contributed by atoms with Gasteiger partial charge in [-0.2, -0.15) is 0 Å². The summed E-state index contributed by atoms with van der Waals surface area (Å²) in [6.07, 6.45) is 5.99. The van der Waals surface area contributed by atoms with Crippen molar-refractivity contribution in [2.24, 2.45) is 0 Å². The maximum Gasteiger partial charge on any atom is 0.391 e. The average Bonchev–Trinajstić information content (AvgIpc) is 2.80. The highest BCUT2D eigenvalue weighted by atomic mass is 31.2. The summed E-state index contributed by atoms with van der Waals surface area (Å²) in [6.45, 7) is 31.7. The number of benzene rings is 2. The Bertz CT molecular complexity index is 1080. The van der Waals surface area contributed by atoms with E-state index in [4.69, 9.17) is 14.3 Å². The Labute approximate surface area is 253 Å². The second kappa shape index (κ2) is 13.7. The van der Waals surface area contributed by atoms with Gasteiger partial charge in [-0.3, -0.25) is 0 Å². The lowest BCUT2D eigenvalue weighted by atomic mass is 9.70. The highest BCUT2D eigenvalue weighted by Crippen LogP contribution is 2.43. The van der Waals surface area contributed by atoms with Crippen LogP contribution in [-0.2, 0) is 26.2 Å². The van der Waals surface area contributed by atoms with E-state index in [1.54, 1.807) is 0 Å². The van der Waals surface area contributed by atoms with E-state index in [2.05, 4.69) is 126 Å². The molecule has 2 aromatic rings. The molecule has 0 saturated heterocycles. The maximum absolute atomic E-state index is 9.06. The Morgan fingerprint density at radius 3 is 1.44 bits per heavy atom. The fraction of sp³-hybridized carbons (Fsp3) is 0.622. The predicted molar refractivity (Wildman–Crippen MR) is 179 cm³/mol. The first-order valence-electron chi connectivity index (χ1n) is 15.5. The highest BCUT2D eigenvalue weighted by molar-refractivity contribution is 7.39. The van der Waals surface area contributed by atoms with Crippen molar-refractivity contribution in [3.63, 3.8) is 0 Å². The first-order chi connectivity index (χ1) is 18.6. The molecule has 0 aliphatic rings. The molecule has 0 heterocycles. The summed E-state index contributed by atoms with van der Waals surface area (Å²) in [5, 5.41) is 0. The molecule has 0 amide bonds. The van der Waals surface area contributed by atoms with Gasteiger partial charge in [0.05, 0.1) is 5.76 Å². The highest BCUT2D eigenvalue weighted by Gasteiger charge is 2.30. The largest absolute Gasteiger partial charge is 0.432 e. The third-order valence-electron chi connectivity index (χ3n) is 8.11. The molecule has 230 valence electrons. The van der Waals surface area contributed by atoms with Crippen molar-refractivity contribution in [1.29, 1.82) is 0 Å². The molecule has 0 fully saturated rings. The lowest BCUT2D eigenvalue weighted by molar-refractivity contribution is 0.308. The minimum Gasteiger partial charge on any atom is -0.432 e. The third kappa shape index (κ3) is 10.5. The molecule has 0 saturated carbocycles. The molecule has 4 heteroatoms. The Morgan fingerprint density at radius 2 is 1.07 bits per heavy atom. The van der Waals surface area contributed by atoms with E-state index in [9.17, 15) is 0 Å². The van der Waals surface area contributed by atoms with Crippen molar-refractivity contribution < 1.29 is 14.3 Å². The Hall–Kier alpha value is -1.67. The maximum atomic E-state index is 9.06. The van der Waals surface area contributed by atoms with Crippen LogP contribution in [0.3, 0.4) is 0 Å². The summed E-state index contributed by atoms with van der Waals surface area (Å²) >= 11 is 0. The van der Waals surface area contributed by atoms with Gasteiger partial charge in [-0.1, -0.05) is 145 Å². The summed E-state index contributed by atoms with van der Waals surface area (Å²) in [4.78, 5) is 18.1. The molecule has 0 atom stereocenters. The van der Waals surface area contributed by atoms with Crippen LogP contribution in [0, 0.1) is 0 Å². The number of allylic oxidation sites excluding steroid dienone is 1. The molecular formula is C37H59O3P. The van der Waals surface area contributed by atoms with Gasteiger partial charge in [0.25, 0.3) is 0 Å². The normalized spacial score (nSPS) is 13.3. The molecule has 0 aliphatic carbocycles. The first kappa shape index (κ1) is 35.5. The smallest absolute Gasteiger partial charge is 0.391 e. The minimum absolute atomic E-state index is 0.0290. The van der Waals surface area contributed by atoms with Gasteiger partial charge in [0.15, 0.2) is 0 Å². The van der Waals surface area contributed by atoms with Gasteiger partial charge in [-0.25, -0.2) is 0 Å². The fourth-order valence-corrected chi connectivity index (χ4v) is 5.94. The average molecular weight is 583 g/mol. The number of hydrogen-bond donors (Lipinski definition) is 2. The van der Waals surface area contributed by atoms with Crippen molar-refractivity contribution in [2.75, 3.05) is 0 Å². The van der Waals surface area contributed by atoms with E-state index < -0.39 is 8.60 Å². The van der Waals surface area contributed by atoms with Gasteiger partial charge < -0.3 is 14.3 Å². The lowest BCUT2D eigenvalue weighted by Gasteiger charge is -2.34. The van der Waals surface area contributed by atoms with Crippen LogP contribution in [-0.4, -0.2) is 9.79 Å². The van der Waals surface area contributed by atoms with Crippen molar-refractivity contribution in [2.45, 2.75) is 149 Å². The molecule has 0 aliphatic heterocycles. The second-order valence-electron chi connectivity index (χ2n) is 16.0. The molecule has 0 aromatic heterocycles. The van der Waals surface area contributed by atoms with Gasteiger partial charge in [-0.05, 0) is 67.9 Å². The number of hydrogen-bond acceptors (Lipinski definition) is 3. The van der Waals surface area contributed by atoms with E-state index in [0.717, 1.165) is 32.1 Å². The van der Waals surface area contributed by atoms with Crippen LogP contribution in [0.4, 0.5) is 0 Å². The topological polar surface area (TPSA) is 49.7 Å². The van der Waals surface area contributed by atoms with E-state index in [1.807, 2.05) is 0 Å². The second-order valence-corrected chi connectivity index (χ2v) is 16.7. The molecule has 2 aromatic carbocycles. The number of rotatable bonds is 11. The summed E-state index contributed by atoms with van der Waals surface area (Å²) < 4.78 is 4.95. The van der Waals surface area contributed by atoms with Gasteiger partial charge >= 0.3 is 8.60 Å². The quantitative estimate of drug-likeness (QED) is 0.157. The van der Waals surface area contributed by atoms with Crippen molar-refractivity contribution in [1.82, 2.24) is 0 Å². The zero-order chi connectivity index (χ0) is 31.4. The molecule has 2 N–H and O–H groups in total. The van der Waals surface area contributed by atoms with Crippen LogP contribution in [0.25, 0.3) is 0 Å². The van der Waals surface area contributed by atoms with Crippen molar-refractivity contribution in [3.05, 3.63) is 82.1 Å². The van der Waals surface area contributed by atoms with Crippen molar-refractivity contribution >= 4 is 8.60 Å². The van der Waals surface area contributed by atoms with Crippen LogP contribution < -0.4 is 0 Å². The zero-order valence-electron chi connectivity index (χ0n) is 28.2. The molecule has 0 unspecified atom stereocenters. The number of unbranched alkanes of at least 4 members (excludes halogenated alkanes) is 3. The summed E-state index contributed by atoms with van der Waals surface area (Å²) in [5.74, 6) is 0.772. The SMILES string of the molecule is C=C(CCCCCCC(c1ccc(C(C)(C)C)cc1C(C)(C)C)c1ccc(C(C)(C)C)cc1C(C)(C)C)OP(O)O. The van der Waals surface area contributed by atoms with Crippen LogP contribution >= 0.6 is 8.60 Å². The predicted octanol–water partition coefficient (Wildman–Crippen LogP) is 11.1. The van der Waals surface area contributed by atoms with Gasteiger partial charge in [0.1, 0.15) is 0 Å². The molecule has 2 rings (SSSR count). The fourth-order valence-electron chi connectivity index (χ4n) is 5.62. The van der Waals surface area contributed by atoms with E-state index >= 15 is 0 Å². The first-order valence-corrected chi connectivity index (χ1v) is 16.6. The van der Waals surface area contributed by atoms with Gasteiger partial charge in [-0.15, -0.1) is 0 Å². The Balaban J connectivity index is 2.55. The van der Waals surface area contributed by atoms with Gasteiger partial charge in [0, 0.05) is 12.3 Å².